The highest BCUT2D eigenvalue weighted by Crippen LogP contribution is 2.01. The highest BCUT2D eigenvalue weighted by molar-refractivity contribution is 7.92. The number of nitrogens with two attached hydrogens (primary N) is 1. The molecule has 0 fully saturated rings. The van der Waals surface area contributed by atoms with Crippen molar-refractivity contribution in [2.45, 2.75) is 18.6 Å². The summed E-state index contributed by atoms with van der Waals surface area (Å²) in [5.74, 6) is 0.217. The third-order valence-electron chi connectivity index (χ3n) is 1.68. The van der Waals surface area contributed by atoms with Crippen LogP contribution in [0.15, 0.2) is 0 Å². The number of hydrogen-bond donors (Lipinski definition) is 1. The van der Waals surface area contributed by atoms with E-state index in [1.165, 1.54) is 0 Å². The lowest BCUT2D eigenvalue weighted by Crippen LogP contribution is -2.21. The van der Waals surface area contributed by atoms with Gasteiger partial charge in [-0.1, -0.05) is 6.92 Å². The Morgan fingerprint density at radius 3 is 2.38 bits per heavy atom. The van der Waals surface area contributed by atoms with Crippen LogP contribution in [-0.2, 0) is 20.6 Å². The molecular formula is C7H17NO3S2. The molecule has 0 saturated carbocycles. The van der Waals surface area contributed by atoms with Crippen molar-refractivity contribution in [2.75, 3.05) is 24.3 Å². The summed E-state index contributed by atoms with van der Waals surface area (Å²) in [6.45, 7) is 2.32. The van der Waals surface area contributed by atoms with Crippen LogP contribution >= 0.6 is 0 Å². The first-order chi connectivity index (χ1) is 5.87. The van der Waals surface area contributed by atoms with Crippen molar-refractivity contribution in [3.05, 3.63) is 0 Å². The van der Waals surface area contributed by atoms with Crippen molar-refractivity contribution in [2.24, 2.45) is 5.73 Å². The Kier molecular flexibility index (Phi) is 5.75. The van der Waals surface area contributed by atoms with Crippen LogP contribution in [0.5, 0.6) is 0 Å². The second kappa shape index (κ2) is 5.72. The van der Waals surface area contributed by atoms with Gasteiger partial charge in [-0.2, -0.15) is 0 Å². The molecule has 0 radical (unpaired) electrons. The normalized spacial score (nSPS) is 16.8. The van der Waals surface area contributed by atoms with Crippen LogP contribution in [0, 0.1) is 0 Å². The molecule has 0 saturated heterocycles. The van der Waals surface area contributed by atoms with E-state index >= 15 is 0 Å². The predicted octanol–water partition coefficient (Wildman–Crippen LogP) is -0.483. The molecule has 13 heavy (non-hydrogen) atoms. The molecule has 0 aliphatic rings. The van der Waals surface area contributed by atoms with Gasteiger partial charge < -0.3 is 5.73 Å². The standard InChI is InChI=1S/C7H17NO3S2/c1-7(3-4-8)12(9)5-6-13(2,10)11/h7H,3-6,8H2,1-2H3. The topological polar surface area (TPSA) is 77.2 Å². The zero-order valence-electron chi connectivity index (χ0n) is 8.02. The van der Waals surface area contributed by atoms with Gasteiger partial charge in [-0.05, 0) is 13.0 Å². The Hall–Kier alpha value is 0.0600. The van der Waals surface area contributed by atoms with Gasteiger partial charge in [0.15, 0.2) is 0 Å². The zero-order valence-corrected chi connectivity index (χ0v) is 9.66. The highest BCUT2D eigenvalue weighted by atomic mass is 32.2. The third kappa shape index (κ3) is 7.16. The van der Waals surface area contributed by atoms with Gasteiger partial charge in [0.1, 0.15) is 9.84 Å². The van der Waals surface area contributed by atoms with Gasteiger partial charge >= 0.3 is 0 Å². The van der Waals surface area contributed by atoms with Crippen LogP contribution in [0.1, 0.15) is 13.3 Å². The molecule has 0 aliphatic heterocycles. The van der Waals surface area contributed by atoms with Gasteiger partial charge in [0.25, 0.3) is 0 Å². The summed E-state index contributed by atoms with van der Waals surface area (Å²) in [4.78, 5) is 0. The molecule has 6 heteroatoms. The fourth-order valence-corrected chi connectivity index (χ4v) is 3.47. The molecule has 2 atom stereocenters. The number of rotatable bonds is 6. The van der Waals surface area contributed by atoms with Crippen LogP contribution in [0.25, 0.3) is 0 Å². The minimum atomic E-state index is -2.99. The van der Waals surface area contributed by atoms with Crippen LogP contribution in [0.2, 0.25) is 0 Å². The maximum atomic E-state index is 11.4. The van der Waals surface area contributed by atoms with Crippen LogP contribution in [0.3, 0.4) is 0 Å². The summed E-state index contributed by atoms with van der Waals surface area (Å²) >= 11 is 0. The molecule has 2 N–H and O–H groups in total. The first kappa shape index (κ1) is 13.1. The van der Waals surface area contributed by atoms with Gasteiger partial charge in [0, 0.05) is 28.1 Å². The highest BCUT2D eigenvalue weighted by Gasteiger charge is 2.12. The molecular weight excluding hydrogens is 210 g/mol. The van der Waals surface area contributed by atoms with E-state index in [0.717, 1.165) is 6.26 Å². The summed E-state index contributed by atoms with van der Waals surface area (Å²) in [5.41, 5.74) is 5.30. The SMILES string of the molecule is CC(CCN)S(=O)CCS(C)(=O)=O. The maximum absolute atomic E-state index is 11.4. The summed E-state index contributed by atoms with van der Waals surface area (Å²) < 4.78 is 32.9. The quantitative estimate of drug-likeness (QED) is 0.664. The molecule has 0 bridgehead atoms. The van der Waals surface area contributed by atoms with Gasteiger partial charge in [-0.25, -0.2) is 8.42 Å². The third-order valence-corrected chi connectivity index (χ3v) is 4.62. The Bertz CT molecular complexity index is 261. The first-order valence-electron chi connectivity index (χ1n) is 4.12. The fourth-order valence-electron chi connectivity index (χ4n) is 0.801. The molecule has 4 nitrogen and oxygen atoms in total. The van der Waals surface area contributed by atoms with E-state index in [1.807, 2.05) is 6.92 Å². The van der Waals surface area contributed by atoms with Crippen molar-refractivity contribution in [3.8, 4) is 0 Å². The number of sulfone groups is 1. The molecule has 0 aromatic rings. The van der Waals surface area contributed by atoms with E-state index in [4.69, 9.17) is 5.73 Å². The van der Waals surface area contributed by atoms with Crippen LogP contribution in [-0.4, -0.2) is 42.2 Å². The van der Waals surface area contributed by atoms with Crippen molar-refractivity contribution in [1.29, 1.82) is 0 Å². The Balaban J connectivity index is 3.88. The smallest absolute Gasteiger partial charge is 0.148 e. The van der Waals surface area contributed by atoms with E-state index in [0.29, 0.717) is 13.0 Å². The molecule has 0 aromatic carbocycles. The van der Waals surface area contributed by atoms with Crippen molar-refractivity contribution in [1.82, 2.24) is 0 Å². The zero-order chi connectivity index (χ0) is 10.5. The molecule has 0 amide bonds. The van der Waals surface area contributed by atoms with Gasteiger partial charge in [0.2, 0.25) is 0 Å². The summed E-state index contributed by atoms with van der Waals surface area (Å²) in [6.07, 6.45) is 1.83. The molecule has 0 spiro atoms. The summed E-state index contributed by atoms with van der Waals surface area (Å²) in [5, 5.41) is -0.00764. The van der Waals surface area contributed by atoms with E-state index in [1.54, 1.807) is 0 Å². The van der Waals surface area contributed by atoms with Crippen molar-refractivity contribution < 1.29 is 12.6 Å². The van der Waals surface area contributed by atoms with Gasteiger partial charge in [-0.3, -0.25) is 4.21 Å². The fraction of sp³-hybridized carbons (Fsp3) is 1.00. The Morgan fingerprint density at radius 2 is 2.00 bits per heavy atom. The van der Waals surface area contributed by atoms with Gasteiger partial charge in [0.05, 0.1) is 5.75 Å². The Labute approximate surface area is 82.3 Å². The van der Waals surface area contributed by atoms with E-state index in [9.17, 15) is 12.6 Å². The molecule has 0 heterocycles. The average Bonchev–Trinajstić information content (AvgIpc) is 1.99. The van der Waals surface area contributed by atoms with E-state index in [2.05, 4.69) is 0 Å². The molecule has 0 aromatic heterocycles. The minimum Gasteiger partial charge on any atom is -0.330 e. The van der Waals surface area contributed by atoms with Crippen molar-refractivity contribution >= 4 is 20.6 Å². The van der Waals surface area contributed by atoms with Gasteiger partial charge in [-0.15, -0.1) is 0 Å². The van der Waals surface area contributed by atoms with E-state index < -0.39 is 20.6 Å². The van der Waals surface area contributed by atoms with Crippen LogP contribution in [0.4, 0.5) is 0 Å². The predicted molar refractivity (Wildman–Crippen MR) is 55.9 cm³/mol. The average molecular weight is 227 g/mol. The van der Waals surface area contributed by atoms with Crippen molar-refractivity contribution in [3.63, 3.8) is 0 Å². The largest absolute Gasteiger partial charge is 0.330 e. The first-order valence-corrected chi connectivity index (χ1v) is 7.56. The molecule has 0 aliphatic carbocycles. The molecule has 0 rings (SSSR count). The lowest BCUT2D eigenvalue weighted by Gasteiger charge is -2.08. The lowest BCUT2D eigenvalue weighted by molar-refractivity contribution is 0.602. The summed E-state index contributed by atoms with van der Waals surface area (Å²) in [6, 6.07) is 0. The number of hydrogen-bond acceptors (Lipinski definition) is 4. The molecule has 80 valence electrons. The minimum absolute atomic E-state index is 0.00543. The second-order valence-electron chi connectivity index (χ2n) is 3.10. The molecule has 2 unspecified atom stereocenters. The van der Waals surface area contributed by atoms with E-state index in [-0.39, 0.29) is 16.8 Å². The second-order valence-corrected chi connectivity index (χ2v) is 7.34. The monoisotopic (exact) mass is 227 g/mol. The van der Waals surface area contributed by atoms with Crippen LogP contribution < -0.4 is 5.73 Å². The maximum Gasteiger partial charge on any atom is 0.148 e. The summed E-state index contributed by atoms with van der Waals surface area (Å²) in [7, 11) is -4.06. The Morgan fingerprint density at radius 1 is 1.46 bits per heavy atom. The lowest BCUT2D eigenvalue weighted by atomic mass is 10.3.